The van der Waals surface area contributed by atoms with Crippen LogP contribution in [0.2, 0.25) is 0 Å². The number of aliphatic hydroxyl groups is 1. The summed E-state index contributed by atoms with van der Waals surface area (Å²) >= 11 is 0. The Labute approximate surface area is 116 Å². The lowest BCUT2D eigenvalue weighted by molar-refractivity contribution is 0.126. The van der Waals surface area contributed by atoms with E-state index >= 15 is 0 Å². The van der Waals surface area contributed by atoms with Crippen molar-refractivity contribution >= 4 is 0 Å². The molecule has 0 bridgehead atoms. The summed E-state index contributed by atoms with van der Waals surface area (Å²) in [5.74, 6) is 6.04. The van der Waals surface area contributed by atoms with Gasteiger partial charge in [0, 0.05) is 6.42 Å². The predicted molar refractivity (Wildman–Crippen MR) is 78.5 cm³/mol. The first-order valence-electron chi connectivity index (χ1n) is 6.65. The molecular formula is C17H22O2. The molecule has 0 aliphatic heterocycles. The number of hydrogen-bond donors (Lipinski definition) is 1. The fraction of sp³-hybridized carbons (Fsp3) is 0.412. The van der Waals surface area contributed by atoms with Gasteiger partial charge in [0.15, 0.2) is 0 Å². The zero-order chi connectivity index (χ0) is 13.9. The number of rotatable bonds is 7. The van der Waals surface area contributed by atoms with Gasteiger partial charge in [0.05, 0.1) is 19.3 Å². The molecule has 0 spiro atoms. The summed E-state index contributed by atoms with van der Waals surface area (Å²) in [6.07, 6.45) is 1.90. The van der Waals surface area contributed by atoms with Crippen LogP contribution in [0.3, 0.4) is 0 Å². The number of benzene rings is 1. The second-order valence-corrected chi connectivity index (χ2v) is 4.58. The largest absolute Gasteiger partial charge is 0.393 e. The highest BCUT2D eigenvalue weighted by molar-refractivity contribution is 5.25. The molecule has 2 nitrogen and oxygen atoms in total. The highest BCUT2D eigenvalue weighted by Crippen LogP contribution is 2.04. The SMILES string of the molecule is C=C(C#CCCOCc1ccccc1)CCC(C)O. The molecule has 0 fully saturated rings. The van der Waals surface area contributed by atoms with E-state index in [0.717, 1.165) is 18.4 Å². The van der Waals surface area contributed by atoms with Crippen LogP contribution in [0.1, 0.15) is 31.7 Å². The van der Waals surface area contributed by atoms with Crippen molar-refractivity contribution in [1.82, 2.24) is 0 Å². The molecule has 1 rings (SSSR count). The summed E-state index contributed by atoms with van der Waals surface area (Å²) in [6, 6.07) is 10.1. The Morgan fingerprint density at radius 3 is 2.79 bits per heavy atom. The number of ether oxygens (including phenoxy) is 1. The molecule has 0 heterocycles. The molecule has 0 saturated carbocycles. The van der Waals surface area contributed by atoms with E-state index in [1.165, 1.54) is 5.56 Å². The summed E-state index contributed by atoms with van der Waals surface area (Å²) in [5.41, 5.74) is 2.06. The second-order valence-electron chi connectivity index (χ2n) is 4.58. The standard InChI is InChI=1S/C17H22O2/c1-15(11-12-16(2)18)8-6-7-13-19-14-17-9-4-3-5-10-17/h3-5,9-10,16,18H,1,7,11-14H2,2H3. The Morgan fingerprint density at radius 2 is 2.11 bits per heavy atom. The highest BCUT2D eigenvalue weighted by atomic mass is 16.5. The van der Waals surface area contributed by atoms with Crippen LogP contribution in [0.5, 0.6) is 0 Å². The van der Waals surface area contributed by atoms with Crippen molar-refractivity contribution in [3.8, 4) is 11.8 Å². The molecular weight excluding hydrogens is 236 g/mol. The Bertz CT molecular complexity index is 424. The van der Waals surface area contributed by atoms with E-state index in [1.807, 2.05) is 30.3 Å². The van der Waals surface area contributed by atoms with Gasteiger partial charge in [-0.15, -0.1) is 0 Å². The average molecular weight is 258 g/mol. The van der Waals surface area contributed by atoms with Crippen LogP contribution in [-0.2, 0) is 11.3 Å². The molecule has 0 radical (unpaired) electrons. The molecule has 102 valence electrons. The quantitative estimate of drug-likeness (QED) is 0.600. The number of allylic oxidation sites excluding steroid dienone is 1. The summed E-state index contributed by atoms with van der Waals surface area (Å²) in [7, 11) is 0. The lowest BCUT2D eigenvalue weighted by atomic mass is 10.1. The third-order valence-electron chi connectivity index (χ3n) is 2.61. The maximum atomic E-state index is 9.14. The number of hydrogen-bond acceptors (Lipinski definition) is 2. The van der Waals surface area contributed by atoms with Gasteiger partial charge in [-0.2, -0.15) is 0 Å². The van der Waals surface area contributed by atoms with Crippen molar-refractivity contribution in [3.05, 3.63) is 48.0 Å². The molecule has 0 aromatic heterocycles. The molecule has 1 atom stereocenters. The van der Waals surface area contributed by atoms with Crippen LogP contribution < -0.4 is 0 Å². The average Bonchev–Trinajstić information content (AvgIpc) is 2.41. The van der Waals surface area contributed by atoms with Crippen molar-refractivity contribution in [2.45, 2.75) is 38.9 Å². The van der Waals surface area contributed by atoms with Crippen LogP contribution in [-0.4, -0.2) is 17.8 Å². The highest BCUT2D eigenvalue weighted by Gasteiger charge is 1.96. The first-order valence-corrected chi connectivity index (χ1v) is 6.65. The minimum Gasteiger partial charge on any atom is -0.393 e. The fourth-order valence-corrected chi connectivity index (χ4v) is 1.52. The zero-order valence-corrected chi connectivity index (χ0v) is 11.6. The van der Waals surface area contributed by atoms with Crippen LogP contribution in [0.15, 0.2) is 42.5 Å². The molecule has 1 aromatic rings. The van der Waals surface area contributed by atoms with Gasteiger partial charge in [-0.05, 0) is 30.9 Å². The Kier molecular flexibility index (Phi) is 7.65. The van der Waals surface area contributed by atoms with Crippen LogP contribution >= 0.6 is 0 Å². The molecule has 1 unspecified atom stereocenters. The molecule has 0 saturated heterocycles. The molecule has 0 aliphatic carbocycles. The van der Waals surface area contributed by atoms with E-state index in [1.54, 1.807) is 6.92 Å². The third kappa shape index (κ3) is 8.20. The van der Waals surface area contributed by atoms with Gasteiger partial charge >= 0.3 is 0 Å². The van der Waals surface area contributed by atoms with Gasteiger partial charge in [0.2, 0.25) is 0 Å². The van der Waals surface area contributed by atoms with Crippen molar-refractivity contribution < 1.29 is 9.84 Å². The lowest BCUT2D eigenvalue weighted by Gasteiger charge is -2.02. The van der Waals surface area contributed by atoms with Crippen LogP contribution in [0.4, 0.5) is 0 Å². The van der Waals surface area contributed by atoms with E-state index in [0.29, 0.717) is 19.6 Å². The zero-order valence-electron chi connectivity index (χ0n) is 11.6. The van der Waals surface area contributed by atoms with Gasteiger partial charge in [-0.3, -0.25) is 0 Å². The second kappa shape index (κ2) is 9.38. The number of aliphatic hydroxyl groups excluding tert-OH is 1. The molecule has 19 heavy (non-hydrogen) atoms. The van der Waals surface area contributed by atoms with Crippen molar-refractivity contribution in [2.75, 3.05) is 6.61 Å². The van der Waals surface area contributed by atoms with Crippen molar-refractivity contribution in [1.29, 1.82) is 0 Å². The predicted octanol–water partition coefficient (Wildman–Crippen LogP) is 3.31. The van der Waals surface area contributed by atoms with Gasteiger partial charge in [-0.25, -0.2) is 0 Å². The van der Waals surface area contributed by atoms with Crippen LogP contribution in [0, 0.1) is 11.8 Å². The van der Waals surface area contributed by atoms with E-state index in [2.05, 4.69) is 18.4 Å². The Morgan fingerprint density at radius 1 is 1.37 bits per heavy atom. The van der Waals surface area contributed by atoms with Crippen molar-refractivity contribution in [2.24, 2.45) is 0 Å². The molecule has 1 aromatic carbocycles. The smallest absolute Gasteiger partial charge is 0.0717 e. The topological polar surface area (TPSA) is 29.5 Å². The maximum absolute atomic E-state index is 9.14. The van der Waals surface area contributed by atoms with E-state index in [4.69, 9.17) is 9.84 Å². The summed E-state index contributed by atoms with van der Waals surface area (Å²) in [4.78, 5) is 0. The Balaban J connectivity index is 2.09. The minimum absolute atomic E-state index is 0.284. The molecule has 0 amide bonds. The van der Waals surface area contributed by atoms with Gasteiger partial charge in [0.25, 0.3) is 0 Å². The summed E-state index contributed by atoms with van der Waals surface area (Å²) in [6.45, 7) is 6.90. The first-order chi connectivity index (χ1) is 9.18. The fourth-order valence-electron chi connectivity index (χ4n) is 1.52. The molecule has 0 aliphatic rings. The monoisotopic (exact) mass is 258 g/mol. The maximum Gasteiger partial charge on any atom is 0.0717 e. The van der Waals surface area contributed by atoms with E-state index in [9.17, 15) is 0 Å². The molecule has 1 N–H and O–H groups in total. The summed E-state index contributed by atoms with van der Waals surface area (Å²) < 4.78 is 5.53. The Hall–Kier alpha value is -1.56. The van der Waals surface area contributed by atoms with Gasteiger partial charge in [-0.1, -0.05) is 48.8 Å². The third-order valence-corrected chi connectivity index (χ3v) is 2.61. The van der Waals surface area contributed by atoms with E-state index in [-0.39, 0.29) is 6.10 Å². The minimum atomic E-state index is -0.284. The molecule has 2 heteroatoms. The van der Waals surface area contributed by atoms with E-state index < -0.39 is 0 Å². The first kappa shape index (κ1) is 15.5. The van der Waals surface area contributed by atoms with Crippen LogP contribution in [0.25, 0.3) is 0 Å². The van der Waals surface area contributed by atoms with Gasteiger partial charge in [0.1, 0.15) is 0 Å². The normalized spacial score (nSPS) is 11.5. The van der Waals surface area contributed by atoms with Gasteiger partial charge < -0.3 is 9.84 Å². The van der Waals surface area contributed by atoms with Crippen molar-refractivity contribution in [3.63, 3.8) is 0 Å². The lowest BCUT2D eigenvalue weighted by Crippen LogP contribution is -1.98. The summed E-state index contributed by atoms with van der Waals surface area (Å²) in [5, 5.41) is 9.14.